The molecule has 5 nitrogen and oxygen atoms in total. The van der Waals surface area contributed by atoms with Gasteiger partial charge in [0.25, 0.3) is 0 Å². The quantitative estimate of drug-likeness (QED) is 0.368. The van der Waals surface area contributed by atoms with Gasteiger partial charge in [0, 0.05) is 38.8 Å². The molecule has 1 fully saturated rings. The highest BCUT2D eigenvalue weighted by Crippen LogP contribution is 2.08. The van der Waals surface area contributed by atoms with Gasteiger partial charge in [0.1, 0.15) is 0 Å². The molecule has 1 atom stereocenters. The molecule has 2 N–H and O–H groups in total. The first-order valence-electron chi connectivity index (χ1n) is 9.46. The second-order valence-corrected chi connectivity index (χ2v) is 6.94. The largest absolute Gasteiger partial charge is 0.379 e. The van der Waals surface area contributed by atoms with Crippen molar-refractivity contribution in [2.24, 2.45) is 10.9 Å². The van der Waals surface area contributed by atoms with Crippen LogP contribution in [0.1, 0.15) is 53.4 Å². The molecule has 1 aliphatic heterocycles. The van der Waals surface area contributed by atoms with E-state index in [0.29, 0.717) is 6.04 Å². The lowest BCUT2D eigenvalue weighted by molar-refractivity contribution is 0.0377. The summed E-state index contributed by atoms with van der Waals surface area (Å²) in [7, 11) is 0. The highest BCUT2D eigenvalue weighted by Gasteiger charge is 2.09. The zero-order valence-corrected chi connectivity index (χ0v) is 15.7. The Balaban J connectivity index is 2.22. The molecule has 0 amide bonds. The molecular formula is C18H38N4O. The summed E-state index contributed by atoms with van der Waals surface area (Å²) in [5.41, 5.74) is 0. The van der Waals surface area contributed by atoms with Crippen LogP contribution in [0.2, 0.25) is 0 Å². The Hall–Kier alpha value is -0.810. The van der Waals surface area contributed by atoms with Gasteiger partial charge >= 0.3 is 0 Å². The fourth-order valence-electron chi connectivity index (χ4n) is 2.77. The summed E-state index contributed by atoms with van der Waals surface area (Å²) in [6.07, 6.45) is 4.90. The molecule has 1 saturated heterocycles. The Morgan fingerprint density at radius 1 is 1.13 bits per heavy atom. The van der Waals surface area contributed by atoms with Crippen LogP contribution in [0.4, 0.5) is 0 Å². The van der Waals surface area contributed by atoms with Gasteiger partial charge in [0.15, 0.2) is 5.96 Å². The van der Waals surface area contributed by atoms with Gasteiger partial charge in [0.05, 0.1) is 13.2 Å². The SMILES string of the molecule is CCNC(=NCCCN1CCOCC1)NC(C)CCCC(C)C. The van der Waals surface area contributed by atoms with Crippen molar-refractivity contribution in [2.75, 3.05) is 45.9 Å². The standard InChI is InChI=1S/C18H38N4O/c1-5-19-18(21-17(4)9-6-8-16(2)3)20-10-7-11-22-12-14-23-15-13-22/h16-17H,5-15H2,1-4H3,(H2,19,20,21). The van der Waals surface area contributed by atoms with Crippen LogP contribution < -0.4 is 10.6 Å². The summed E-state index contributed by atoms with van der Waals surface area (Å²) in [5.74, 6) is 1.76. The molecule has 23 heavy (non-hydrogen) atoms. The third-order valence-electron chi connectivity index (χ3n) is 4.15. The lowest BCUT2D eigenvalue weighted by Gasteiger charge is -2.26. The number of aliphatic imine (C=N–C) groups is 1. The van der Waals surface area contributed by atoms with Gasteiger partial charge in [-0.25, -0.2) is 0 Å². The van der Waals surface area contributed by atoms with Crippen molar-refractivity contribution in [3.05, 3.63) is 0 Å². The Labute approximate surface area is 143 Å². The second-order valence-electron chi connectivity index (χ2n) is 6.94. The number of guanidine groups is 1. The number of ether oxygens (including phenoxy) is 1. The van der Waals surface area contributed by atoms with E-state index < -0.39 is 0 Å². The topological polar surface area (TPSA) is 48.9 Å². The average molecular weight is 327 g/mol. The molecule has 0 bridgehead atoms. The van der Waals surface area contributed by atoms with E-state index in [0.717, 1.165) is 64.2 Å². The van der Waals surface area contributed by atoms with Crippen LogP contribution in [-0.2, 0) is 4.74 Å². The lowest BCUT2D eigenvalue weighted by Crippen LogP contribution is -2.42. The summed E-state index contributed by atoms with van der Waals surface area (Å²) in [6.45, 7) is 15.7. The minimum Gasteiger partial charge on any atom is -0.379 e. The predicted octanol–water partition coefficient (Wildman–Crippen LogP) is 2.48. The second kappa shape index (κ2) is 12.6. The van der Waals surface area contributed by atoms with Crippen LogP contribution >= 0.6 is 0 Å². The lowest BCUT2D eigenvalue weighted by atomic mass is 10.0. The van der Waals surface area contributed by atoms with Crippen LogP contribution in [0.25, 0.3) is 0 Å². The molecule has 1 aliphatic rings. The predicted molar refractivity (Wildman–Crippen MR) is 99.1 cm³/mol. The highest BCUT2D eigenvalue weighted by atomic mass is 16.5. The third kappa shape index (κ3) is 10.6. The van der Waals surface area contributed by atoms with E-state index in [9.17, 15) is 0 Å². The van der Waals surface area contributed by atoms with Gasteiger partial charge < -0.3 is 15.4 Å². The molecule has 0 saturated carbocycles. The van der Waals surface area contributed by atoms with E-state index in [1.807, 2.05) is 0 Å². The number of rotatable bonds is 10. The zero-order chi connectivity index (χ0) is 16.9. The molecule has 0 spiro atoms. The van der Waals surface area contributed by atoms with Gasteiger partial charge in [-0.1, -0.05) is 26.7 Å². The number of hydrogen-bond acceptors (Lipinski definition) is 3. The molecule has 0 aromatic heterocycles. The normalized spacial score (nSPS) is 18.2. The van der Waals surface area contributed by atoms with E-state index in [1.54, 1.807) is 0 Å². The smallest absolute Gasteiger partial charge is 0.191 e. The first-order chi connectivity index (χ1) is 11.1. The van der Waals surface area contributed by atoms with Crippen LogP contribution in [0.3, 0.4) is 0 Å². The maximum absolute atomic E-state index is 5.38. The van der Waals surface area contributed by atoms with Crippen LogP contribution in [0.5, 0.6) is 0 Å². The van der Waals surface area contributed by atoms with Crippen molar-refractivity contribution in [2.45, 2.75) is 59.4 Å². The van der Waals surface area contributed by atoms with Gasteiger partial charge in [-0.15, -0.1) is 0 Å². The fraction of sp³-hybridized carbons (Fsp3) is 0.944. The average Bonchev–Trinajstić information content (AvgIpc) is 2.52. The third-order valence-corrected chi connectivity index (χ3v) is 4.15. The molecule has 5 heteroatoms. The van der Waals surface area contributed by atoms with E-state index in [1.165, 1.54) is 19.3 Å². The molecule has 0 aromatic carbocycles. The Morgan fingerprint density at radius 3 is 2.52 bits per heavy atom. The first kappa shape index (κ1) is 20.2. The maximum Gasteiger partial charge on any atom is 0.191 e. The number of nitrogens with zero attached hydrogens (tertiary/aromatic N) is 2. The number of morpholine rings is 1. The number of nitrogens with one attached hydrogen (secondary N) is 2. The maximum atomic E-state index is 5.38. The van der Waals surface area contributed by atoms with Crippen molar-refractivity contribution in [1.82, 2.24) is 15.5 Å². The Kier molecular flexibility index (Phi) is 11.1. The summed E-state index contributed by atoms with van der Waals surface area (Å²) in [6, 6.07) is 0.478. The van der Waals surface area contributed by atoms with E-state index in [-0.39, 0.29) is 0 Å². The van der Waals surface area contributed by atoms with Crippen LogP contribution in [0, 0.1) is 5.92 Å². The van der Waals surface area contributed by atoms with Crippen LogP contribution in [-0.4, -0.2) is 62.8 Å². The van der Waals surface area contributed by atoms with Gasteiger partial charge in [-0.2, -0.15) is 0 Å². The summed E-state index contributed by atoms with van der Waals surface area (Å²) < 4.78 is 5.38. The summed E-state index contributed by atoms with van der Waals surface area (Å²) >= 11 is 0. The highest BCUT2D eigenvalue weighted by molar-refractivity contribution is 5.79. The van der Waals surface area contributed by atoms with Gasteiger partial charge in [0.2, 0.25) is 0 Å². The van der Waals surface area contributed by atoms with Crippen molar-refractivity contribution in [3.63, 3.8) is 0 Å². The molecule has 136 valence electrons. The molecule has 0 aromatic rings. The molecule has 0 aliphatic carbocycles. The molecule has 1 heterocycles. The van der Waals surface area contributed by atoms with Crippen molar-refractivity contribution in [1.29, 1.82) is 0 Å². The van der Waals surface area contributed by atoms with Gasteiger partial charge in [-0.3, -0.25) is 9.89 Å². The van der Waals surface area contributed by atoms with Crippen molar-refractivity contribution < 1.29 is 4.74 Å². The Morgan fingerprint density at radius 2 is 1.87 bits per heavy atom. The molecule has 1 rings (SSSR count). The number of hydrogen-bond donors (Lipinski definition) is 2. The summed E-state index contributed by atoms with van der Waals surface area (Å²) in [5, 5.41) is 6.89. The van der Waals surface area contributed by atoms with Crippen LogP contribution in [0.15, 0.2) is 4.99 Å². The molecule has 1 unspecified atom stereocenters. The Bertz CT molecular complexity index is 314. The monoisotopic (exact) mass is 326 g/mol. The van der Waals surface area contributed by atoms with E-state index >= 15 is 0 Å². The fourth-order valence-corrected chi connectivity index (χ4v) is 2.77. The zero-order valence-electron chi connectivity index (χ0n) is 15.7. The summed E-state index contributed by atoms with van der Waals surface area (Å²) in [4.78, 5) is 7.18. The molecular weight excluding hydrogens is 288 g/mol. The minimum absolute atomic E-state index is 0.478. The minimum atomic E-state index is 0.478. The van der Waals surface area contributed by atoms with E-state index in [2.05, 4.69) is 43.2 Å². The molecule has 0 radical (unpaired) electrons. The van der Waals surface area contributed by atoms with E-state index in [4.69, 9.17) is 9.73 Å². The van der Waals surface area contributed by atoms with Gasteiger partial charge in [-0.05, 0) is 32.6 Å². The van der Waals surface area contributed by atoms with Crippen molar-refractivity contribution >= 4 is 5.96 Å². The van der Waals surface area contributed by atoms with Crippen molar-refractivity contribution in [3.8, 4) is 0 Å². The first-order valence-corrected chi connectivity index (χ1v) is 9.46.